The molecule has 0 spiro atoms. The second-order valence-electron chi connectivity index (χ2n) is 7.12. The summed E-state index contributed by atoms with van der Waals surface area (Å²) >= 11 is 0. The van der Waals surface area contributed by atoms with Crippen LogP contribution in [0, 0.1) is 5.82 Å². The highest BCUT2D eigenvalue weighted by Crippen LogP contribution is 2.27. The first kappa shape index (κ1) is 19.6. The highest BCUT2D eigenvalue weighted by molar-refractivity contribution is 6.04. The van der Waals surface area contributed by atoms with E-state index in [1.165, 1.54) is 12.1 Å². The van der Waals surface area contributed by atoms with Crippen molar-refractivity contribution in [3.63, 3.8) is 0 Å². The molecule has 0 atom stereocenters. The number of halogens is 1. The third-order valence-corrected chi connectivity index (χ3v) is 4.99. The van der Waals surface area contributed by atoms with Crippen LogP contribution in [0.15, 0.2) is 42.5 Å². The summed E-state index contributed by atoms with van der Waals surface area (Å²) in [5.41, 5.74) is 6.68. The van der Waals surface area contributed by atoms with E-state index in [4.69, 9.17) is 5.73 Å². The van der Waals surface area contributed by atoms with Crippen molar-refractivity contribution in [3.05, 3.63) is 59.7 Å². The predicted octanol–water partition coefficient (Wildman–Crippen LogP) is 3.55. The normalized spacial score (nSPS) is 13.2. The summed E-state index contributed by atoms with van der Waals surface area (Å²) in [6.45, 7) is 0.749. The van der Waals surface area contributed by atoms with Crippen LogP contribution >= 0.6 is 0 Å². The molecule has 8 nitrogen and oxygen atoms in total. The Morgan fingerprint density at radius 2 is 1.73 bits per heavy atom. The van der Waals surface area contributed by atoms with Crippen LogP contribution in [0.4, 0.5) is 20.6 Å². The van der Waals surface area contributed by atoms with Crippen LogP contribution in [-0.2, 0) is 13.0 Å². The number of nitrogens with one attached hydrogen (secondary N) is 2. The molecule has 0 fully saturated rings. The van der Waals surface area contributed by atoms with E-state index in [9.17, 15) is 14.0 Å². The molecule has 154 valence electrons. The first-order valence-electron chi connectivity index (χ1n) is 9.71. The number of rotatable bonds is 4. The van der Waals surface area contributed by atoms with Crippen molar-refractivity contribution in [2.24, 2.45) is 5.73 Å². The lowest BCUT2D eigenvalue weighted by atomic mass is 10.1. The largest absolute Gasteiger partial charge is 0.351 e. The zero-order valence-corrected chi connectivity index (χ0v) is 16.2. The van der Waals surface area contributed by atoms with E-state index in [-0.39, 0.29) is 5.91 Å². The number of fused-ring (bicyclic) bond motifs is 1. The number of aromatic nitrogens is 3. The molecule has 0 bridgehead atoms. The molecule has 4 N–H and O–H groups in total. The molecule has 2 aromatic carbocycles. The highest BCUT2D eigenvalue weighted by atomic mass is 19.1. The number of urea groups is 1. The maximum Gasteiger partial charge on any atom is 0.316 e. The van der Waals surface area contributed by atoms with Gasteiger partial charge < -0.3 is 20.9 Å². The Morgan fingerprint density at radius 3 is 2.50 bits per heavy atom. The molecule has 0 aliphatic carbocycles. The third-order valence-electron chi connectivity index (χ3n) is 4.99. The molecule has 0 radical (unpaired) electrons. The highest BCUT2D eigenvalue weighted by Gasteiger charge is 2.19. The van der Waals surface area contributed by atoms with Gasteiger partial charge >= 0.3 is 6.03 Å². The van der Waals surface area contributed by atoms with Gasteiger partial charge in [0.05, 0.1) is 5.56 Å². The number of amides is 3. The van der Waals surface area contributed by atoms with Gasteiger partial charge in [-0.15, -0.1) is 10.2 Å². The van der Waals surface area contributed by atoms with Crippen molar-refractivity contribution in [2.75, 3.05) is 10.6 Å². The van der Waals surface area contributed by atoms with Crippen molar-refractivity contribution in [2.45, 2.75) is 32.2 Å². The summed E-state index contributed by atoms with van der Waals surface area (Å²) in [5.74, 6) is 0.552. The second kappa shape index (κ2) is 8.32. The van der Waals surface area contributed by atoms with Gasteiger partial charge in [0.15, 0.2) is 5.82 Å². The topological polar surface area (TPSA) is 115 Å². The van der Waals surface area contributed by atoms with E-state index < -0.39 is 11.8 Å². The fraction of sp³-hybridized carbons (Fsp3) is 0.238. The molecule has 3 aromatic rings. The molecule has 1 aliphatic rings. The van der Waals surface area contributed by atoms with Crippen molar-refractivity contribution in [1.29, 1.82) is 0 Å². The van der Waals surface area contributed by atoms with Crippen molar-refractivity contribution < 1.29 is 14.0 Å². The summed E-state index contributed by atoms with van der Waals surface area (Å²) in [6, 6.07) is 9.95. The number of primary amides is 1. The molecule has 9 heteroatoms. The third kappa shape index (κ3) is 4.14. The van der Waals surface area contributed by atoms with Crippen LogP contribution in [0.3, 0.4) is 0 Å². The van der Waals surface area contributed by atoms with E-state index in [2.05, 4.69) is 20.8 Å². The minimum Gasteiger partial charge on any atom is -0.351 e. The van der Waals surface area contributed by atoms with Crippen molar-refractivity contribution in [1.82, 2.24) is 14.8 Å². The van der Waals surface area contributed by atoms with Crippen LogP contribution in [-0.4, -0.2) is 26.7 Å². The summed E-state index contributed by atoms with van der Waals surface area (Å²) in [7, 11) is 0. The van der Waals surface area contributed by atoms with Gasteiger partial charge in [0.2, 0.25) is 0 Å². The van der Waals surface area contributed by atoms with E-state index in [1.54, 1.807) is 30.3 Å². The lowest BCUT2D eigenvalue weighted by molar-refractivity contribution is 0.102. The number of carbonyl (C=O) groups excluding carboxylic acids is 2. The summed E-state index contributed by atoms with van der Waals surface area (Å²) in [5, 5.41) is 13.6. The molecule has 0 saturated carbocycles. The van der Waals surface area contributed by atoms with Crippen LogP contribution in [0.1, 0.15) is 35.4 Å². The van der Waals surface area contributed by atoms with Crippen LogP contribution < -0.4 is 16.4 Å². The monoisotopic (exact) mass is 408 g/mol. The van der Waals surface area contributed by atoms with E-state index in [0.717, 1.165) is 38.1 Å². The number of anilines is 2. The predicted molar refractivity (Wildman–Crippen MR) is 111 cm³/mol. The van der Waals surface area contributed by atoms with Gasteiger partial charge in [0.1, 0.15) is 11.6 Å². The van der Waals surface area contributed by atoms with Gasteiger partial charge in [0, 0.05) is 29.9 Å². The summed E-state index contributed by atoms with van der Waals surface area (Å²) in [6.07, 6.45) is 3.97. The molecule has 2 heterocycles. The van der Waals surface area contributed by atoms with Crippen molar-refractivity contribution >= 4 is 23.3 Å². The fourth-order valence-electron chi connectivity index (χ4n) is 3.51. The number of hydrogen-bond acceptors (Lipinski definition) is 4. The lowest BCUT2D eigenvalue weighted by Crippen LogP contribution is -2.19. The summed E-state index contributed by atoms with van der Waals surface area (Å²) < 4.78 is 16.5. The molecule has 3 amide bonds. The average Bonchev–Trinajstić information content (AvgIpc) is 2.97. The molecular weight excluding hydrogens is 387 g/mol. The maximum absolute atomic E-state index is 14.6. The van der Waals surface area contributed by atoms with Gasteiger partial charge in [0.25, 0.3) is 5.91 Å². The summed E-state index contributed by atoms with van der Waals surface area (Å²) in [4.78, 5) is 23.4. The van der Waals surface area contributed by atoms with Gasteiger partial charge in [-0.05, 0) is 55.3 Å². The average molecular weight is 408 g/mol. The van der Waals surface area contributed by atoms with Gasteiger partial charge in [-0.2, -0.15) is 0 Å². The first-order chi connectivity index (χ1) is 14.5. The van der Waals surface area contributed by atoms with Crippen LogP contribution in [0.2, 0.25) is 0 Å². The quantitative estimate of drug-likeness (QED) is 0.612. The number of carbonyl (C=O) groups is 2. The Morgan fingerprint density at radius 1 is 0.967 bits per heavy atom. The van der Waals surface area contributed by atoms with E-state index >= 15 is 0 Å². The second-order valence-corrected chi connectivity index (χ2v) is 7.12. The molecule has 0 saturated heterocycles. The van der Waals surface area contributed by atoms with Gasteiger partial charge in [-0.25, -0.2) is 9.18 Å². The number of hydrogen-bond donors (Lipinski definition) is 3. The molecule has 4 rings (SSSR count). The number of benzene rings is 2. The van der Waals surface area contributed by atoms with Crippen LogP contribution in [0.5, 0.6) is 0 Å². The van der Waals surface area contributed by atoms with Gasteiger partial charge in [-0.3, -0.25) is 4.79 Å². The van der Waals surface area contributed by atoms with E-state index in [0.29, 0.717) is 28.3 Å². The first-order valence-corrected chi connectivity index (χ1v) is 9.71. The van der Waals surface area contributed by atoms with Gasteiger partial charge in [-0.1, -0.05) is 6.42 Å². The smallest absolute Gasteiger partial charge is 0.316 e. The Balaban J connectivity index is 1.56. The minimum absolute atomic E-state index is 0.300. The standard InChI is InChI=1S/C21H21FN6O2/c22-17-10-9-15(24-20(29)13-5-7-14(8-6-13)25-21(23)30)12-16(17)19-27-26-18-4-2-1-3-11-28(18)19/h5-10,12H,1-4,11H2,(H,24,29)(H3,23,25,30). The molecule has 30 heavy (non-hydrogen) atoms. The molecule has 1 aliphatic heterocycles. The maximum atomic E-state index is 14.6. The Kier molecular flexibility index (Phi) is 5.42. The Hall–Kier alpha value is -3.75. The number of nitrogens with zero attached hydrogens (tertiary/aromatic N) is 3. The van der Waals surface area contributed by atoms with E-state index in [1.807, 2.05) is 4.57 Å². The zero-order valence-electron chi connectivity index (χ0n) is 16.2. The van der Waals surface area contributed by atoms with Crippen LogP contribution in [0.25, 0.3) is 11.4 Å². The van der Waals surface area contributed by atoms with Crippen molar-refractivity contribution in [3.8, 4) is 11.4 Å². The Bertz CT molecular complexity index is 1090. The Labute approximate surface area is 172 Å². The lowest BCUT2D eigenvalue weighted by Gasteiger charge is -2.11. The SMILES string of the molecule is NC(=O)Nc1ccc(C(=O)Nc2ccc(F)c(-c3nnc4n3CCCCC4)c2)cc1. The number of aryl methyl sites for hydroxylation is 1. The molecule has 1 aromatic heterocycles. The molecule has 0 unspecified atom stereocenters. The minimum atomic E-state index is -0.683. The molecular formula is C21H21FN6O2. The fourth-order valence-corrected chi connectivity index (χ4v) is 3.51. The number of nitrogens with two attached hydrogens (primary N) is 1. The zero-order chi connectivity index (χ0) is 21.1.